The van der Waals surface area contributed by atoms with Gasteiger partial charge in [-0.25, -0.2) is 5.84 Å². The van der Waals surface area contributed by atoms with Gasteiger partial charge in [-0.15, -0.1) is 0 Å². The van der Waals surface area contributed by atoms with E-state index in [0.29, 0.717) is 11.7 Å². The van der Waals surface area contributed by atoms with Gasteiger partial charge >= 0.3 is 0 Å². The molecule has 106 valence electrons. The summed E-state index contributed by atoms with van der Waals surface area (Å²) < 4.78 is 5.75. The number of rotatable bonds is 5. The number of hydrogen-bond acceptors (Lipinski definition) is 3. The highest BCUT2D eigenvalue weighted by Gasteiger charge is 2.23. The van der Waals surface area contributed by atoms with Gasteiger partial charge in [-0.3, -0.25) is 10.2 Å². The molecule has 0 heterocycles. The Bertz CT molecular complexity index is 442. The van der Waals surface area contributed by atoms with Crippen LogP contribution in [0.5, 0.6) is 5.75 Å². The maximum absolute atomic E-state index is 11.7. The number of hydrogen-bond donors (Lipinski definition) is 2. The van der Waals surface area contributed by atoms with E-state index in [1.54, 1.807) is 0 Å². The summed E-state index contributed by atoms with van der Waals surface area (Å²) in [4.78, 5) is 11.7. The first-order chi connectivity index (χ1) is 8.86. The second-order valence-corrected chi connectivity index (χ2v) is 5.46. The Morgan fingerprint density at radius 2 is 1.89 bits per heavy atom. The van der Waals surface area contributed by atoms with Crippen molar-refractivity contribution >= 4 is 5.91 Å². The molecule has 1 amide bonds. The van der Waals surface area contributed by atoms with Crippen molar-refractivity contribution in [2.24, 2.45) is 11.8 Å². The number of nitrogens with one attached hydrogen (secondary N) is 1. The molecule has 0 radical (unpaired) electrons. The number of carbonyl (C=O) groups is 1. The Morgan fingerprint density at radius 3 is 2.32 bits per heavy atom. The van der Waals surface area contributed by atoms with Crippen molar-refractivity contribution in [3.05, 3.63) is 29.3 Å². The number of amides is 1. The van der Waals surface area contributed by atoms with Gasteiger partial charge in [0.05, 0.1) is 0 Å². The summed E-state index contributed by atoms with van der Waals surface area (Å²) in [6.45, 7) is 10.2. The molecule has 19 heavy (non-hydrogen) atoms. The Labute approximate surface area is 115 Å². The monoisotopic (exact) mass is 264 g/mol. The highest BCUT2D eigenvalue weighted by Crippen LogP contribution is 2.25. The average molecular weight is 264 g/mol. The van der Waals surface area contributed by atoms with Crippen LogP contribution in [0.4, 0.5) is 0 Å². The molecule has 0 aliphatic rings. The molecule has 0 saturated carbocycles. The van der Waals surface area contributed by atoms with Gasteiger partial charge in [-0.05, 0) is 42.0 Å². The number of carbonyl (C=O) groups excluding carboxylic acids is 1. The fourth-order valence-corrected chi connectivity index (χ4v) is 2.09. The minimum absolute atomic E-state index is 0.0497. The lowest BCUT2D eigenvalue weighted by molar-refractivity contribution is -0.129. The number of hydrazine groups is 1. The number of benzene rings is 1. The van der Waals surface area contributed by atoms with E-state index in [1.807, 2.05) is 32.0 Å². The number of nitrogens with two attached hydrogens (primary N) is 1. The summed E-state index contributed by atoms with van der Waals surface area (Å²) in [5, 5.41) is 0. The normalized spacial score (nSPS) is 12.6. The van der Waals surface area contributed by atoms with Gasteiger partial charge in [-0.2, -0.15) is 0 Å². The summed E-state index contributed by atoms with van der Waals surface area (Å²) >= 11 is 0. The molecule has 1 aromatic carbocycles. The van der Waals surface area contributed by atoms with Crippen LogP contribution in [0.25, 0.3) is 0 Å². The van der Waals surface area contributed by atoms with Crippen LogP contribution in [0.15, 0.2) is 18.2 Å². The zero-order valence-electron chi connectivity index (χ0n) is 12.4. The van der Waals surface area contributed by atoms with E-state index in [1.165, 1.54) is 11.1 Å². The van der Waals surface area contributed by atoms with Gasteiger partial charge in [0.15, 0.2) is 6.10 Å². The molecule has 3 N–H and O–H groups in total. The molecule has 0 fully saturated rings. The maximum atomic E-state index is 11.7. The molecule has 1 atom stereocenters. The third kappa shape index (κ3) is 3.96. The fraction of sp³-hybridized carbons (Fsp3) is 0.533. The van der Waals surface area contributed by atoms with Crippen molar-refractivity contribution < 1.29 is 9.53 Å². The van der Waals surface area contributed by atoms with E-state index in [0.717, 1.165) is 0 Å². The third-order valence-electron chi connectivity index (χ3n) is 3.13. The van der Waals surface area contributed by atoms with Crippen LogP contribution in [-0.4, -0.2) is 12.0 Å². The lowest BCUT2D eigenvalue weighted by Gasteiger charge is -2.21. The van der Waals surface area contributed by atoms with Crippen LogP contribution in [0.2, 0.25) is 0 Å². The van der Waals surface area contributed by atoms with Crippen molar-refractivity contribution in [2.45, 2.75) is 46.6 Å². The van der Waals surface area contributed by atoms with E-state index >= 15 is 0 Å². The van der Waals surface area contributed by atoms with E-state index in [4.69, 9.17) is 10.6 Å². The second kappa shape index (κ2) is 6.57. The van der Waals surface area contributed by atoms with Crippen molar-refractivity contribution in [1.29, 1.82) is 0 Å². The Kier molecular flexibility index (Phi) is 5.36. The molecular formula is C15H24N2O2. The smallest absolute Gasteiger partial charge is 0.275 e. The molecule has 0 aliphatic carbocycles. The van der Waals surface area contributed by atoms with Crippen LogP contribution in [-0.2, 0) is 4.79 Å². The van der Waals surface area contributed by atoms with Gasteiger partial charge in [0.25, 0.3) is 5.91 Å². The molecule has 0 bridgehead atoms. The molecule has 0 aromatic heterocycles. The van der Waals surface area contributed by atoms with Gasteiger partial charge < -0.3 is 4.74 Å². The molecule has 0 saturated heterocycles. The molecule has 1 aromatic rings. The predicted molar refractivity (Wildman–Crippen MR) is 76.9 cm³/mol. The van der Waals surface area contributed by atoms with E-state index in [9.17, 15) is 4.79 Å². The van der Waals surface area contributed by atoms with Crippen LogP contribution in [0, 0.1) is 12.8 Å². The molecule has 4 nitrogen and oxygen atoms in total. The first-order valence-electron chi connectivity index (χ1n) is 6.64. The van der Waals surface area contributed by atoms with Crippen LogP contribution in [0.3, 0.4) is 0 Å². The van der Waals surface area contributed by atoms with Crippen LogP contribution >= 0.6 is 0 Å². The topological polar surface area (TPSA) is 64.3 Å². The molecular weight excluding hydrogens is 240 g/mol. The standard InChI is InChI=1S/C15H24N2O2/c1-9(2)13-7-6-12(8-11(13)5)19-14(10(3)4)15(18)17-16/h6-10,14H,16H2,1-5H3,(H,17,18). The zero-order valence-corrected chi connectivity index (χ0v) is 12.4. The number of ether oxygens (including phenoxy) is 1. The van der Waals surface area contributed by atoms with Crippen molar-refractivity contribution in [3.8, 4) is 5.75 Å². The molecule has 1 rings (SSSR count). The number of aryl methyl sites for hydroxylation is 1. The lowest BCUT2D eigenvalue weighted by atomic mass is 9.98. The predicted octanol–water partition coefficient (Wildman–Crippen LogP) is 2.51. The van der Waals surface area contributed by atoms with E-state index in [2.05, 4.69) is 26.2 Å². The van der Waals surface area contributed by atoms with Gasteiger partial charge in [0.1, 0.15) is 5.75 Å². The second-order valence-electron chi connectivity index (χ2n) is 5.46. The SMILES string of the molecule is Cc1cc(OC(C(=O)NN)C(C)C)ccc1C(C)C. The quantitative estimate of drug-likeness (QED) is 0.488. The minimum atomic E-state index is -0.575. The minimum Gasteiger partial charge on any atom is -0.480 e. The summed E-state index contributed by atoms with van der Waals surface area (Å²) in [5.74, 6) is 6.10. The highest BCUT2D eigenvalue weighted by molar-refractivity contribution is 5.80. The summed E-state index contributed by atoms with van der Waals surface area (Å²) in [6, 6.07) is 5.92. The van der Waals surface area contributed by atoms with E-state index < -0.39 is 6.10 Å². The molecule has 0 aliphatic heterocycles. The van der Waals surface area contributed by atoms with Gasteiger partial charge in [0.2, 0.25) is 0 Å². The Balaban J connectivity index is 2.92. The Morgan fingerprint density at radius 1 is 1.26 bits per heavy atom. The summed E-state index contributed by atoms with van der Waals surface area (Å²) in [6.07, 6.45) is -0.575. The lowest BCUT2D eigenvalue weighted by Crippen LogP contribution is -2.44. The average Bonchev–Trinajstić information content (AvgIpc) is 2.34. The van der Waals surface area contributed by atoms with Crippen LogP contribution < -0.4 is 16.0 Å². The summed E-state index contributed by atoms with van der Waals surface area (Å²) in [5.41, 5.74) is 4.61. The first-order valence-corrected chi connectivity index (χ1v) is 6.64. The first kappa shape index (κ1) is 15.5. The maximum Gasteiger partial charge on any atom is 0.275 e. The molecule has 0 spiro atoms. The summed E-state index contributed by atoms with van der Waals surface area (Å²) in [7, 11) is 0. The zero-order chi connectivity index (χ0) is 14.6. The highest BCUT2D eigenvalue weighted by atomic mass is 16.5. The molecule has 1 unspecified atom stereocenters. The van der Waals surface area contributed by atoms with Crippen molar-refractivity contribution in [1.82, 2.24) is 5.43 Å². The van der Waals surface area contributed by atoms with Crippen molar-refractivity contribution in [2.75, 3.05) is 0 Å². The van der Waals surface area contributed by atoms with E-state index in [-0.39, 0.29) is 11.8 Å². The van der Waals surface area contributed by atoms with Crippen LogP contribution in [0.1, 0.15) is 44.7 Å². The van der Waals surface area contributed by atoms with Gasteiger partial charge in [-0.1, -0.05) is 33.8 Å². The Hall–Kier alpha value is -1.55. The largest absolute Gasteiger partial charge is 0.480 e. The molecule has 4 heteroatoms. The van der Waals surface area contributed by atoms with Gasteiger partial charge in [0, 0.05) is 0 Å². The third-order valence-corrected chi connectivity index (χ3v) is 3.13. The van der Waals surface area contributed by atoms with Crippen molar-refractivity contribution in [3.63, 3.8) is 0 Å². The fourth-order valence-electron chi connectivity index (χ4n) is 2.09.